The van der Waals surface area contributed by atoms with Crippen molar-refractivity contribution < 1.29 is 9.94 Å². The van der Waals surface area contributed by atoms with Gasteiger partial charge in [0.1, 0.15) is 5.75 Å². The summed E-state index contributed by atoms with van der Waals surface area (Å²) in [5.74, 6) is 0.804. The highest BCUT2D eigenvalue weighted by Gasteiger charge is 2.02. The van der Waals surface area contributed by atoms with E-state index in [9.17, 15) is 0 Å². The van der Waals surface area contributed by atoms with Crippen LogP contribution < -0.4 is 9.80 Å². The molecule has 0 aromatic heterocycles. The predicted molar refractivity (Wildman–Crippen MR) is 47.9 cm³/mol. The molecule has 0 aliphatic carbocycles. The molecule has 0 unspecified atom stereocenters. The average Bonchev–Trinajstić information content (AvgIpc) is 2.03. The standard InChI is InChI=1S/C9H13NO2/c1-7-6-8(12-3)4-5-9(7)10(2)11/h4-6,11H,1-3H3. The smallest absolute Gasteiger partial charge is 0.119 e. The van der Waals surface area contributed by atoms with E-state index in [2.05, 4.69) is 0 Å². The van der Waals surface area contributed by atoms with Crippen molar-refractivity contribution in [2.24, 2.45) is 0 Å². The summed E-state index contributed by atoms with van der Waals surface area (Å²) in [6.45, 7) is 1.92. The second kappa shape index (κ2) is 3.45. The number of hydroxylamine groups is 1. The molecule has 0 saturated heterocycles. The first kappa shape index (κ1) is 8.87. The van der Waals surface area contributed by atoms with Gasteiger partial charge in [0.25, 0.3) is 0 Å². The summed E-state index contributed by atoms with van der Waals surface area (Å²) >= 11 is 0. The molecule has 0 radical (unpaired) electrons. The molecule has 1 N–H and O–H groups in total. The van der Waals surface area contributed by atoms with Crippen LogP contribution in [0.3, 0.4) is 0 Å². The molecule has 0 aliphatic rings. The first-order chi connectivity index (χ1) is 5.65. The normalized spacial score (nSPS) is 9.67. The molecule has 0 heterocycles. The molecule has 0 fully saturated rings. The molecule has 3 heteroatoms. The number of aryl methyl sites for hydroxylation is 1. The molecule has 0 aliphatic heterocycles. The van der Waals surface area contributed by atoms with Crippen molar-refractivity contribution in [3.05, 3.63) is 23.8 Å². The lowest BCUT2D eigenvalue weighted by Gasteiger charge is -2.13. The van der Waals surface area contributed by atoms with Crippen LogP contribution in [0.25, 0.3) is 0 Å². The van der Waals surface area contributed by atoms with E-state index in [1.54, 1.807) is 14.2 Å². The minimum Gasteiger partial charge on any atom is -0.497 e. The Morgan fingerprint density at radius 1 is 1.42 bits per heavy atom. The van der Waals surface area contributed by atoms with Gasteiger partial charge in [0.05, 0.1) is 12.8 Å². The van der Waals surface area contributed by atoms with Crippen molar-refractivity contribution in [2.45, 2.75) is 6.92 Å². The van der Waals surface area contributed by atoms with Gasteiger partial charge in [0, 0.05) is 7.05 Å². The van der Waals surface area contributed by atoms with E-state index < -0.39 is 0 Å². The van der Waals surface area contributed by atoms with Gasteiger partial charge >= 0.3 is 0 Å². The van der Waals surface area contributed by atoms with Crippen molar-refractivity contribution >= 4 is 5.69 Å². The second-order valence-corrected chi connectivity index (χ2v) is 2.68. The number of nitrogens with zero attached hydrogens (tertiary/aromatic N) is 1. The molecule has 0 bridgehead atoms. The molecule has 12 heavy (non-hydrogen) atoms. The topological polar surface area (TPSA) is 32.7 Å². The van der Waals surface area contributed by atoms with Crippen LogP contribution >= 0.6 is 0 Å². The summed E-state index contributed by atoms with van der Waals surface area (Å²) in [6.07, 6.45) is 0. The Kier molecular flexibility index (Phi) is 2.55. The number of benzene rings is 1. The number of ether oxygens (including phenoxy) is 1. The molecular formula is C9H13NO2. The fourth-order valence-electron chi connectivity index (χ4n) is 1.12. The molecule has 1 aromatic carbocycles. The van der Waals surface area contributed by atoms with Crippen molar-refractivity contribution in [1.82, 2.24) is 0 Å². The van der Waals surface area contributed by atoms with E-state index in [4.69, 9.17) is 9.94 Å². The first-order valence-corrected chi connectivity index (χ1v) is 3.72. The maximum Gasteiger partial charge on any atom is 0.119 e. The summed E-state index contributed by atoms with van der Waals surface area (Å²) in [4.78, 5) is 0. The van der Waals surface area contributed by atoms with Gasteiger partial charge < -0.3 is 4.74 Å². The summed E-state index contributed by atoms with van der Waals surface area (Å²) in [5.41, 5.74) is 1.77. The van der Waals surface area contributed by atoms with E-state index in [0.29, 0.717) is 0 Å². The van der Waals surface area contributed by atoms with E-state index in [0.717, 1.165) is 22.1 Å². The van der Waals surface area contributed by atoms with Crippen LogP contribution in [0, 0.1) is 6.92 Å². The van der Waals surface area contributed by atoms with Crippen LogP contribution in [-0.2, 0) is 0 Å². The third-order valence-electron chi connectivity index (χ3n) is 1.75. The lowest BCUT2D eigenvalue weighted by atomic mass is 10.2. The molecule has 1 aromatic rings. The van der Waals surface area contributed by atoms with Crippen LogP contribution in [0.4, 0.5) is 5.69 Å². The van der Waals surface area contributed by atoms with Gasteiger partial charge in [0.15, 0.2) is 0 Å². The van der Waals surface area contributed by atoms with Crippen molar-refractivity contribution in [3.63, 3.8) is 0 Å². The zero-order chi connectivity index (χ0) is 9.14. The largest absolute Gasteiger partial charge is 0.497 e. The number of anilines is 1. The van der Waals surface area contributed by atoms with Crippen LogP contribution in [0.5, 0.6) is 5.75 Å². The first-order valence-electron chi connectivity index (χ1n) is 3.72. The van der Waals surface area contributed by atoms with Gasteiger partial charge in [0.2, 0.25) is 0 Å². The minimum absolute atomic E-state index is 0.788. The van der Waals surface area contributed by atoms with Crippen LogP contribution in [0.2, 0.25) is 0 Å². The summed E-state index contributed by atoms with van der Waals surface area (Å²) in [5, 5.41) is 10.3. The zero-order valence-electron chi connectivity index (χ0n) is 7.53. The Morgan fingerprint density at radius 2 is 2.08 bits per heavy atom. The third kappa shape index (κ3) is 1.68. The molecule has 1 rings (SSSR count). The average molecular weight is 167 g/mol. The fraction of sp³-hybridized carbons (Fsp3) is 0.333. The number of rotatable bonds is 2. The van der Waals surface area contributed by atoms with Crippen molar-refractivity contribution in [3.8, 4) is 5.75 Å². The molecule has 0 atom stereocenters. The van der Waals surface area contributed by atoms with E-state index >= 15 is 0 Å². The maximum atomic E-state index is 9.16. The molecule has 66 valence electrons. The van der Waals surface area contributed by atoms with E-state index in [-0.39, 0.29) is 0 Å². The molecule has 3 nitrogen and oxygen atoms in total. The number of hydrogen-bond acceptors (Lipinski definition) is 3. The summed E-state index contributed by atoms with van der Waals surface area (Å²) < 4.78 is 5.03. The van der Waals surface area contributed by atoms with Crippen molar-refractivity contribution in [2.75, 3.05) is 19.2 Å². The van der Waals surface area contributed by atoms with Gasteiger partial charge in [-0.2, -0.15) is 0 Å². The SMILES string of the molecule is COc1ccc(N(C)O)c(C)c1. The number of methoxy groups -OCH3 is 1. The lowest BCUT2D eigenvalue weighted by Crippen LogP contribution is -2.11. The summed E-state index contributed by atoms with van der Waals surface area (Å²) in [7, 11) is 3.21. The van der Waals surface area contributed by atoms with Crippen LogP contribution in [0.1, 0.15) is 5.56 Å². The van der Waals surface area contributed by atoms with Gasteiger partial charge in [-0.05, 0) is 30.7 Å². The highest BCUT2D eigenvalue weighted by molar-refractivity contribution is 5.53. The van der Waals surface area contributed by atoms with E-state index in [1.807, 2.05) is 25.1 Å². The minimum atomic E-state index is 0.788. The van der Waals surface area contributed by atoms with Crippen molar-refractivity contribution in [1.29, 1.82) is 0 Å². The molecule has 0 amide bonds. The Bertz CT molecular complexity index is 271. The Morgan fingerprint density at radius 3 is 2.50 bits per heavy atom. The van der Waals surface area contributed by atoms with E-state index in [1.165, 1.54) is 0 Å². The van der Waals surface area contributed by atoms with Gasteiger partial charge in [-0.1, -0.05) is 0 Å². The monoisotopic (exact) mass is 167 g/mol. The molecular weight excluding hydrogens is 154 g/mol. The van der Waals surface area contributed by atoms with Crippen LogP contribution in [-0.4, -0.2) is 19.4 Å². The third-order valence-corrected chi connectivity index (χ3v) is 1.75. The van der Waals surface area contributed by atoms with Gasteiger partial charge in [-0.3, -0.25) is 10.3 Å². The number of hydrogen-bond donors (Lipinski definition) is 1. The Hall–Kier alpha value is -1.22. The van der Waals surface area contributed by atoms with Gasteiger partial charge in [-0.25, -0.2) is 0 Å². The fourth-order valence-corrected chi connectivity index (χ4v) is 1.12. The summed E-state index contributed by atoms with van der Waals surface area (Å²) in [6, 6.07) is 5.51. The highest BCUT2D eigenvalue weighted by atomic mass is 16.5. The van der Waals surface area contributed by atoms with Gasteiger partial charge in [-0.15, -0.1) is 0 Å². The highest BCUT2D eigenvalue weighted by Crippen LogP contribution is 2.22. The molecule has 0 saturated carbocycles. The maximum absolute atomic E-state index is 9.16. The zero-order valence-corrected chi connectivity index (χ0v) is 7.53. The Balaban J connectivity index is 3.03. The predicted octanol–water partition coefficient (Wildman–Crippen LogP) is 1.83. The Labute approximate surface area is 72.1 Å². The quantitative estimate of drug-likeness (QED) is 0.682. The molecule has 0 spiro atoms. The lowest BCUT2D eigenvalue weighted by molar-refractivity contribution is 0.279. The second-order valence-electron chi connectivity index (χ2n) is 2.68. The van der Waals surface area contributed by atoms with Crippen LogP contribution in [0.15, 0.2) is 18.2 Å².